The van der Waals surface area contributed by atoms with E-state index in [4.69, 9.17) is 4.74 Å². The number of hydrogen-bond donors (Lipinski definition) is 1. The first-order valence-corrected chi connectivity index (χ1v) is 8.50. The number of ether oxygens (including phenoxy) is 1. The summed E-state index contributed by atoms with van der Waals surface area (Å²) in [6.07, 6.45) is 7.20. The fraction of sp³-hybridized carbons (Fsp3) is 0.824. The van der Waals surface area contributed by atoms with Gasteiger partial charge in [-0.05, 0) is 38.5 Å². The predicted octanol–water partition coefficient (Wildman–Crippen LogP) is 4.03. The van der Waals surface area contributed by atoms with Crippen LogP contribution in [-0.4, -0.2) is 29.3 Å². The number of nitrogens with zero attached hydrogens (tertiary/aromatic N) is 2. The Bertz CT molecular complexity index is 430. The highest BCUT2D eigenvalue weighted by molar-refractivity contribution is 5.29. The van der Waals surface area contributed by atoms with Gasteiger partial charge in [0.15, 0.2) is 0 Å². The smallest absolute Gasteiger partial charge is 0.203 e. The van der Waals surface area contributed by atoms with Crippen LogP contribution >= 0.6 is 0 Å². The van der Waals surface area contributed by atoms with Crippen LogP contribution in [-0.2, 0) is 4.74 Å². The van der Waals surface area contributed by atoms with Gasteiger partial charge in [-0.25, -0.2) is 4.98 Å². The van der Waals surface area contributed by atoms with Gasteiger partial charge in [-0.2, -0.15) is 0 Å². The van der Waals surface area contributed by atoms with Gasteiger partial charge in [0, 0.05) is 32.0 Å². The molecule has 0 saturated heterocycles. The molecule has 0 amide bonds. The van der Waals surface area contributed by atoms with E-state index in [9.17, 15) is 0 Å². The first-order chi connectivity index (χ1) is 10.1. The molecule has 1 N–H and O–H groups in total. The molecule has 4 nitrogen and oxygen atoms in total. The highest BCUT2D eigenvalue weighted by Crippen LogP contribution is 2.39. The fourth-order valence-electron chi connectivity index (χ4n) is 3.36. The summed E-state index contributed by atoms with van der Waals surface area (Å²) in [7, 11) is 0. The molecule has 4 heteroatoms. The van der Waals surface area contributed by atoms with E-state index >= 15 is 0 Å². The standard InChI is InChI=1S/C17H31N3O/c1-5-21-11-7-10-18-17-19-14(3)12-20(17)16-9-6-8-13(2)15(16)4/h12-13,15-16H,5-11H2,1-4H3,(H,18,19). The molecule has 0 bridgehead atoms. The van der Waals surface area contributed by atoms with E-state index in [1.807, 2.05) is 6.92 Å². The van der Waals surface area contributed by atoms with Crippen molar-refractivity contribution >= 4 is 5.95 Å². The highest BCUT2D eigenvalue weighted by atomic mass is 16.5. The van der Waals surface area contributed by atoms with Crippen LogP contribution in [0, 0.1) is 18.8 Å². The molecule has 1 aliphatic carbocycles. The second-order valence-electron chi connectivity index (χ2n) is 6.43. The molecule has 1 saturated carbocycles. The number of anilines is 1. The topological polar surface area (TPSA) is 39.1 Å². The molecule has 3 atom stereocenters. The zero-order chi connectivity index (χ0) is 15.2. The third kappa shape index (κ3) is 4.22. The van der Waals surface area contributed by atoms with Crippen LogP contribution in [0.1, 0.15) is 58.2 Å². The maximum absolute atomic E-state index is 5.39. The largest absolute Gasteiger partial charge is 0.382 e. The molecule has 1 heterocycles. The minimum Gasteiger partial charge on any atom is -0.382 e. The van der Waals surface area contributed by atoms with Crippen molar-refractivity contribution in [1.29, 1.82) is 0 Å². The van der Waals surface area contributed by atoms with Gasteiger partial charge in [0.25, 0.3) is 0 Å². The monoisotopic (exact) mass is 293 g/mol. The molecule has 120 valence electrons. The Balaban J connectivity index is 1.99. The van der Waals surface area contributed by atoms with Crippen LogP contribution in [0.15, 0.2) is 6.20 Å². The molecular weight excluding hydrogens is 262 g/mol. The molecule has 0 aromatic carbocycles. The Morgan fingerprint density at radius 3 is 2.95 bits per heavy atom. The highest BCUT2D eigenvalue weighted by Gasteiger charge is 2.29. The normalized spacial score (nSPS) is 26.0. The fourth-order valence-corrected chi connectivity index (χ4v) is 3.36. The van der Waals surface area contributed by atoms with Crippen molar-refractivity contribution in [3.05, 3.63) is 11.9 Å². The molecule has 1 aromatic rings. The van der Waals surface area contributed by atoms with Crippen molar-refractivity contribution < 1.29 is 4.74 Å². The molecule has 0 spiro atoms. The lowest BCUT2D eigenvalue weighted by Crippen LogP contribution is -2.27. The molecule has 1 aromatic heterocycles. The van der Waals surface area contributed by atoms with Crippen LogP contribution in [0.3, 0.4) is 0 Å². The summed E-state index contributed by atoms with van der Waals surface area (Å²) in [4.78, 5) is 4.67. The van der Waals surface area contributed by atoms with Gasteiger partial charge in [-0.3, -0.25) is 0 Å². The lowest BCUT2D eigenvalue weighted by atomic mass is 9.78. The van der Waals surface area contributed by atoms with E-state index in [0.29, 0.717) is 6.04 Å². The van der Waals surface area contributed by atoms with Crippen LogP contribution in [0.25, 0.3) is 0 Å². The number of aryl methyl sites for hydroxylation is 1. The number of rotatable bonds is 7. The van der Waals surface area contributed by atoms with Gasteiger partial charge < -0.3 is 14.6 Å². The first-order valence-electron chi connectivity index (χ1n) is 8.50. The number of nitrogens with one attached hydrogen (secondary N) is 1. The van der Waals surface area contributed by atoms with E-state index < -0.39 is 0 Å². The first kappa shape index (κ1) is 16.3. The minimum absolute atomic E-state index is 0.587. The molecule has 0 radical (unpaired) electrons. The molecule has 1 aliphatic rings. The molecule has 2 rings (SSSR count). The van der Waals surface area contributed by atoms with Gasteiger partial charge in [0.05, 0.1) is 5.69 Å². The van der Waals surface area contributed by atoms with Crippen molar-refractivity contribution in [3.8, 4) is 0 Å². The van der Waals surface area contributed by atoms with Gasteiger partial charge in [0.1, 0.15) is 0 Å². The molecule has 21 heavy (non-hydrogen) atoms. The van der Waals surface area contributed by atoms with Gasteiger partial charge in [0.2, 0.25) is 5.95 Å². The second kappa shape index (κ2) is 7.83. The third-order valence-electron chi connectivity index (χ3n) is 4.83. The quantitative estimate of drug-likeness (QED) is 0.772. The Labute approximate surface area is 129 Å². The molecule has 1 fully saturated rings. The van der Waals surface area contributed by atoms with E-state index in [1.165, 1.54) is 19.3 Å². The summed E-state index contributed by atoms with van der Waals surface area (Å²) >= 11 is 0. The zero-order valence-electron chi connectivity index (χ0n) is 14.1. The molecule has 0 aliphatic heterocycles. The Morgan fingerprint density at radius 1 is 1.38 bits per heavy atom. The zero-order valence-corrected chi connectivity index (χ0v) is 14.1. The summed E-state index contributed by atoms with van der Waals surface area (Å²) in [5.74, 6) is 2.56. The second-order valence-corrected chi connectivity index (χ2v) is 6.43. The van der Waals surface area contributed by atoms with Crippen molar-refractivity contribution in [2.45, 2.75) is 59.4 Å². The summed E-state index contributed by atoms with van der Waals surface area (Å²) in [5.41, 5.74) is 1.10. The van der Waals surface area contributed by atoms with Crippen molar-refractivity contribution in [2.24, 2.45) is 11.8 Å². The van der Waals surface area contributed by atoms with Crippen LogP contribution in [0.2, 0.25) is 0 Å². The van der Waals surface area contributed by atoms with E-state index in [-0.39, 0.29) is 0 Å². The summed E-state index contributed by atoms with van der Waals surface area (Å²) < 4.78 is 7.77. The van der Waals surface area contributed by atoms with Crippen molar-refractivity contribution in [1.82, 2.24) is 9.55 Å². The molecule has 3 unspecified atom stereocenters. The van der Waals surface area contributed by atoms with Gasteiger partial charge >= 0.3 is 0 Å². The van der Waals surface area contributed by atoms with Crippen LogP contribution in [0.4, 0.5) is 5.95 Å². The average molecular weight is 293 g/mol. The maximum atomic E-state index is 5.39. The summed E-state index contributed by atoms with van der Waals surface area (Å²) in [6, 6.07) is 0.587. The average Bonchev–Trinajstić information content (AvgIpc) is 2.82. The van der Waals surface area contributed by atoms with E-state index in [0.717, 1.165) is 49.7 Å². The van der Waals surface area contributed by atoms with E-state index in [2.05, 4.69) is 41.8 Å². The van der Waals surface area contributed by atoms with E-state index in [1.54, 1.807) is 0 Å². The molecular formula is C17H31N3O. The van der Waals surface area contributed by atoms with Gasteiger partial charge in [-0.15, -0.1) is 0 Å². The minimum atomic E-state index is 0.587. The van der Waals surface area contributed by atoms with Gasteiger partial charge in [-0.1, -0.05) is 26.7 Å². The summed E-state index contributed by atoms with van der Waals surface area (Å²) in [5, 5.41) is 3.50. The Morgan fingerprint density at radius 2 is 2.19 bits per heavy atom. The predicted molar refractivity (Wildman–Crippen MR) is 87.8 cm³/mol. The van der Waals surface area contributed by atoms with Crippen LogP contribution in [0.5, 0.6) is 0 Å². The Kier molecular flexibility index (Phi) is 6.09. The lowest BCUT2D eigenvalue weighted by Gasteiger charge is -2.35. The number of hydrogen-bond acceptors (Lipinski definition) is 3. The van der Waals surface area contributed by atoms with Crippen molar-refractivity contribution in [2.75, 3.05) is 25.1 Å². The number of aromatic nitrogens is 2. The number of imidazole rings is 1. The third-order valence-corrected chi connectivity index (χ3v) is 4.83. The maximum Gasteiger partial charge on any atom is 0.203 e. The van der Waals surface area contributed by atoms with Crippen molar-refractivity contribution in [3.63, 3.8) is 0 Å². The van der Waals surface area contributed by atoms with Crippen LogP contribution < -0.4 is 5.32 Å². The lowest BCUT2D eigenvalue weighted by molar-refractivity contribution is 0.147. The SMILES string of the molecule is CCOCCCNc1nc(C)cn1C1CCCC(C)C1C. The summed E-state index contributed by atoms with van der Waals surface area (Å²) in [6.45, 7) is 11.4. The Hall–Kier alpha value is -1.03.